The van der Waals surface area contributed by atoms with Gasteiger partial charge in [0.05, 0.1) is 0 Å². The third-order valence-corrected chi connectivity index (χ3v) is 3.51. The summed E-state index contributed by atoms with van der Waals surface area (Å²) >= 11 is 0. The van der Waals surface area contributed by atoms with Gasteiger partial charge in [-0.05, 0) is 25.3 Å². The van der Waals surface area contributed by atoms with E-state index in [4.69, 9.17) is 0 Å². The molecule has 0 atom stereocenters. The maximum atomic E-state index is 2.37. The molecule has 0 N–H and O–H groups in total. The van der Waals surface area contributed by atoms with Crippen LogP contribution in [0.3, 0.4) is 0 Å². The number of nitrogens with zero attached hydrogens (tertiary/aromatic N) is 1. The molecule has 0 radical (unpaired) electrons. The van der Waals surface area contributed by atoms with E-state index in [1.165, 1.54) is 69.9 Å². The number of aryl methyl sites for hydroxylation is 2. The van der Waals surface area contributed by atoms with Crippen molar-refractivity contribution >= 4 is 0 Å². The Bertz CT molecular complexity index is 312. The molecule has 1 aromatic rings. The number of hydrogen-bond donors (Lipinski definition) is 0. The van der Waals surface area contributed by atoms with Gasteiger partial charge in [0.25, 0.3) is 0 Å². The van der Waals surface area contributed by atoms with Crippen molar-refractivity contribution in [2.24, 2.45) is 0 Å². The fourth-order valence-electron chi connectivity index (χ4n) is 2.32. The van der Waals surface area contributed by atoms with Crippen molar-refractivity contribution in [1.29, 1.82) is 0 Å². The molecule has 0 saturated heterocycles. The lowest BCUT2D eigenvalue weighted by Gasteiger charge is -2.01. The van der Waals surface area contributed by atoms with E-state index in [0.29, 0.717) is 0 Å². The number of pyridine rings is 1. The zero-order valence-corrected chi connectivity index (χ0v) is 12.7. The van der Waals surface area contributed by atoms with Crippen molar-refractivity contribution in [2.75, 3.05) is 0 Å². The van der Waals surface area contributed by atoms with Crippen LogP contribution in [-0.4, -0.2) is 0 Å². The van der Waals surface area contributed by atoms with Crippen LogP contribution in [0.25, 0.3) is 0 Å². The molecule has 0 aliphatic rings. The van der Waals surface area contributed by atoms with E-state index in [-0.39, 0.29) is 4.70 Å². The summed E-state index contributed by atoms with van der Waals surface area (Å²) in [6.45, 7) is 5.72. The Balaban J connectivity index is 0.00000324. The highest BCUT2D eigenvalue weighted by molar-refractivity contribution is 5.05. The lowest BCUT2D eigenvalue weighted by Crippen LogP contribution is -3.00. The smallest absolute Gasteiger partial charge is 0.171 e. The lowest BCUT2D eigenvalue weighted by atomic mass is 10.1. The second kappa shape index (κ2) is 12.1. The fourth-order valence-corrected chi connectivity index (χ4v) is 2.32. The molecule has 0 fully saturated rings. The van der Waals surface area contributed by atoms with Crippen LogP contribution in [0.4, 0.5) is 0 Å². The van der Waals surface area contributed by atoms with Crippen molar-refractivity contribution in [3.8, 4) is 0 Å². The number of halogens is 1. The zero-order valence-electron chi connectivity index (χ0n) is 12.7. The first-order valence-corrected chi connectivity index (χ1v) is 7.84. The number of rotatable bonds is 10. The minimum absolute atomic E-state index is 0. The van der Waals surface area contributed by atoms with Gasteiger partial charge in [-0.1, -0.05) is 46.0 Å². The molecule has 19 heavy (non-hydrogen) atoms. The molecule has 0 amide bonds. The van der Waals surface area contributed by atoms with Crippen LogP contribution in [0, 0.1) is 0 Å². The quantitative estimate of drug-likeness (QED) is 0.449. The predicted octanol–water partition coefficient (Wildman–Crippen LogP) is 1.68. The molecule has 2 heteroatoms. The summed E-state index contributed by atoms with van der Waals surface area (Å²) in [6, 6.07) is 4.45. The van der Waals surface area contributed by atoms with E-state index in [9.17, 15) is 0 Å². The van der Waals surface area contributed by atoms with Crippen molar-refractivity contribution in [1.82, 2.24) is 0 Å². The van der Waals surface area contributed by atoms with Crippen LogP contribution in [0.15, 0.2) is 24.5 Å². The summed E-state index contributed by atoms with van der Waals surface area (Å²) in [5, 5.41) is 0. The molecule has 1 aromatic heterocycles. The molecule has 0 aliphatic heterocycles. The fraction of sp³-hybridized carbons (Fsp3) is 0.706. The first-order valence-electron chi connectivity index (χ1n) is 7.84. The Morgan fingerprint density at radius 1 is 0.895 bits per heavy atom. The van der Waals surface area contributed by atoms with Gasteiger partial charge in [-0.3, -0.25) is 0 Å². The maximum absolute atomic E-state index is 2.37. The molecule has 1 rings (SSSR count). The van der Waals surface area contributed by atoms with Crippen LogP contribution in [0.2, 0.25) is 0 Å². The van der Waals surface area contributed by atoms with Crippen LogP contribution in [0.5, 0.6) is 0 Å². The molecular weight excluding hydrogens is 237 g/mol. The summed E-state index contributed by atoms with van der Waals surface area (Å²) in [5.74, 6) is 0. The number of unbranched alkanes of at least 4 members (excludes halogenated alkanes) is 6. The van der Waals surface area contributed by atoms with Crippen LogP contribution in [-0.2, 0) is 13.0 Å². The van der Waals surface area contributed by atoms with E-state index in [1.807, 2.05) is 0 Å². The topological polar surface area (TPSA) is 3.88 Å². The number of hydrogen-bond acceptors (Lipinski definition) is 0. The van der Waals surface area contributed by atoms with Crippen molar-refractivity contribution in [2.45, 2.75) is 78.2 Å². The van der Waals surface area contributed by atoms with E-state index in [1.54, 1.807) is 0 Å². The normalized spacial score (nSPS) is 10.2. The van der Waals surface area contributed by atoms with Crippen molar-refractivity contribution < 1.29 is 9.27 Å². The van der Waals surface area contributed by atoms with Gasteiger partial charge >= 0.3 is 0 Å². The Hall–Kier alpha value is -0.920. The predicted molar refractivity (Wildman–Crippen MR) is 78.6 cm³/mol. The van der Waals surface area contributed by atoms with E-state index in [0.717, 1.165) is 0 Å². The monoisotopic (exact) mass is 267 g/mol. The van der Waals surface area contributed by atoms with Gasteiger partial charge in [0.15, 0.2) is 12.4 Å². The minimum Gasteiger partial charge on any atom is -1.00 e. The summed E-state index contributed by atoms with van der Waals surface area (Å²) in [7, 11) is 0. The molecule has 0 unspecified atom stereocenters. The van der Waals surface area contributed by atoms with Gasteiger partial charge in [-0.15, -0.1) is 0 Å². The standard InChI is InChI=1S/C17H30N.FH/c1-3-5-7-8-9-10-14-18-15-11-13-17(16-18)12-6-4-2;/h11,13,15-16H,3-10,12,14H2,1-2H3;1H/q+1;/p-1. The van der Waals surface area contributed by atoms with Gasteiger partial charge in [-0.25, -0.2) is 4.57 Å². The lowest BCUT2D eigenvalue weighted by molar-refractivity contribution is -0.697. The van der Waals surface area contributed by atoms with Gasteiger partial charge in [0, 0.05) is 18.1 Å². The van der Waals surface area contributed by atoms with Crippen molar-refractivity contribution in [3.05, 3.63) is 30.1 Å². The first kappa shape index (κ1) is 18.1. The summed E-state index contributed by atoms with van der Waals surface area (Å²) in [6.07, 6.45) is 16.6. The van der Waals surface area contributed by atoms with Gasteiger partial charge in [-0.2, -0.15) is 0 Å². The number of aromatic nitrogens is 1. The van der Waals surface area contributed by atoms with E-state index in [2.05, 4.69) is 42.9 Å². The van der Waals surface area contributed by atoms with E-state index < -0.39 is 0 Å². The SMILES string of the molecule is CCCCCCCC[n+]1cccc(CCCC)c1.[F-]. The molecule has 1 nitrogen and oxygen atoms in total. The van der Waals surface area contributed by atoms with Gasteiger partial charge < -0.3 is 4.70 Å². The zero-order chi connectivity index (χ0) is 13.1. The van der Waals surface area contributed by atoms with Crippen LogP contribution in [0.1, 0.15) is 70.8 Å². The third-order valence-electron chi connectivity index (χ3n) is 3.51. The molecule has 0 aliphatic carbocycles. The molecule has 110 valence electrons. The molecular formula is C17H30FN. The highest BCUT2D eigenvalue weighted by Crippen LogP contribution is 2.05. The van der Waals surface area contributed by atoms with Gasteiger partial charge in [0.1, 0.15) is 6.54 Å². The Morgan fingerprint density at radius 2 is 1.58 bits per heavy atom. The summed E-state index contributed by atoms with van der Waals surface area (Å²) in [5.41, 5.74) is 1.49. The largest absolute Gasteiger partial charge is 1.00 e. The molecule has 1 heterocycles. The minimum atomic E-state index is 0. The maximum Gasteiger partial charge on any atom is 0.171 e. The van der Waals surface area contributed by atoms with Crippen LogP contribution >= 0.6 is 0 Å². The molecule has 0 spiro atoms. The summed E-state index contributed by atoms with van der Waals surface area (Å²) < 4.78 is 2.37. The molecule has 0 aromatic carbocycles. The Kier molecular flexibility index (Phi) is 11.5. The first-order chi connectivity index (χ1) is 8.86. The third kappa shape index (κ3) is 8.74. The second-order valence-electron chi connectivity index (χ2n) is 5.32. The highest BCUT2D eigenvalue weighted by Gasteiger charge is 2.02. The molecule has 0 saturated carbocycles. The molecule has 0 bridgehead atoms. The average molecular weight is 267 g/mol. The van der Waals surface area contributed by atoms with Gasteiger partial charge in [0.2, 0.25) is 0 Å². The Labute approximate surface area is 118 Å². The van der Waals surface area contributed by atoms with Crippen molar-refractivity contribution in [3.63, 3.8) is 0 Å². The highest BCUT2D eigenvalue weighted by atomic mass is 19.0. The average Bonchev–Trinajstić information content (AvgIpc) is 2.41. The summed E-state index contributed by atoms with van der Waals surface area (Å²) in [4.78, 5) is 0. The van der Waals surface area contributed by atoms with Crippen LogP contribution < -0.4 is 9.27 Å². The van der Waals surface area contributed by atoms with E-state index >= 15 is 0 Å². The second-order valence-corrected chi connectivity index (χ2v) is 5.32. The Morgan fingerprint density at radius 3 is 2.32 bits per heavy atom.